The molecule has 0 aromatic heterocycles. The van der Waals surface area contributed by atoms with Crippen LogP contribution in [0.25, 0.3) is 0 Å². The van der Waals surface area contributed by atoms with Gasteiger partial charge in [0.1, 0.15) is 5.75 Å². The molecule has 2 N–H and O–H groups in total. The molecule has 2 amide bonds. The largest absolute Gasteiger partial charge is 0.422 e. The maximum atomic E-state index is 12.4. The highest BCUT2D eigenvalue weighted by atomic mass is 16.5. The molecule has 32 heavy (non-hydrogen) atoms. The number of amides is 2. The monoisotopic (exact) mass is 426 g/mol. The molecule has 0 saturated heterocycles. The number of nitrogens with zero attached hydrogens (tertiary/aromatic N) is 2. The normalized spacial score (nSPS) is 10.2. The van der Waals surface area contributed by atoms with Crippen LogP contribution >= 0.6 is 0 Å². The molecular weight excluding hydrogens is 408 g/mol. The fourth-order valence-corrected chi connectivity index (χ4v) is 2.56. The van der Waals surface area contributed by atoms with Gasteiger partial charge in [0.05, 0.1) is 23.4 Å². The smallest absolute Gasteiger partial charge is 0.343 e. The average molecular weight is 426 g/mol. The number of esters is 1. The van der Waals surface area contributed by atoms with Gasteiger partial charge >= 0.3 is 17.8 Å². The van der Waals surface area contributed by atoms with Crippen LogP contribution in [0.4, 0.5) is 5.69 Å². The maximum absolute atomic E-state index is 12.4. The third-order valence-corrected chi connectivity index (χ3v) is 4.26. The fourth-order valence-electron chi connectivity index (χ4n) is 2.56. The minimum atomic E-state index is -0.986. The van der Waals surface area contributed by atoms with E-state index in [0.717, 1.165) is 5.56 Å². The molecule has 0 fully saturated rings. The molecule has 0 atom stereocenters. The summed E-state index contributed by atoms with van der Waals surface area (Å²) in [6.07, 6.45) is 1.27. The Morgan fingerprint density at radius 3 is 2.31 bits per heavy atom. The number of carbonyl (C=O) groups excluding carboxylic acids is 3. The Morgan fingerprint density at radius 1 is 0.938 bits per heavy atom. The molecule has 3 aromatic rings. The summed E-state index contributed by atoms with van der Waals surface area (Å²) in [5.74, 6) is -2.19. The van der Waals surface area contributed by atoms with Gasteiger partial charge in [-0.25, -0.2) is 10.2 Å². The minimum absolute atomic E-state index is 0.248. The van der Waals surface area contributed by atoms with Crippen LogP contribution in [0, 0.1) is 18.3 Å². The van der Waals surface area contributed by atoms with Gasteiger partial charge in [-0.05, 0) is 55.5 Å². The molecule has 0 aliphatic rings. The second-order valence-electron chi connectivity index (χ2n) is 6.64. The predicted octanol–water partition coefficient (Wildman–Crippen LogP) is 3.17. The molecule has 0 heterocycles. The lowest BCUT2D eigenvalue weighted by Crippen LogP contribution is -2.32. The SMILES string of the molecule is Cc1ccc(C(=O)Oc2ccccc2/C=N/NC(=O)C(=O)Nc2ccc(C#N)cc2)cc1. The molecule has 8 nitrogen and oxygen atoms in total. The van der Waals surface area contributed by atoms with E-state index in [9.17, 15) is 14.4 Å². The molecule has 3 aromatic carbocycles. The van der Waals surface area contributed by atoms with Crippen LogP contribution in [0.15, 0.2) is 77.9 Å². The van der Waals surface area contributed by atoms with E-state index < -0.39 is 17.8 Å². The van der Waals surface area contributed by atoms with Gasteiger partial charge in [-0.15, -0.1) is 0 Å². The van der Waals surface area contributed by atoms with E-state index in [0.29, 0.717) is 22.4 Å². The summed E-state index contributed by atoms with van der Waals surface area (Å²) in [6.45, 7) is 1.92. The van der Waals surface area contributed by atoms with Gasteiger partial charge in [-0.1, -0.05) is 29.8 Å². The summed E-state index contributed by atoms with van der Waals surface area (Å²) in [6, 6.07) is 21.6. The first-order valence-electron chi connectivity index (χ1n) is 9.48. The topological polar surface area (TPSA) is 121 Å². The summed E-state index contributed by atoms with van der Waals surface area (Å²) in [7, 11) is 0. The molecule has 3 rings (SSSR count). The number of ether oxygens (including phenoxy) is 1. The Bertz CT molecular complexity index is 1210. The Morgan fingerprint density at radius 2 is 1.62 bits per heavy atom. The van der Waals surface area contributed by atoms with Crippen LogP contribution in [0.5, 0.6) is 5.75 Å². The summed E-state index contributed by atoms with van der Waals surface area (Å²) < 4.78 is 5.43. The van der Waals surface area contributed by atoms with E-state index in [1.807, 2.05) is 25.1 Å². The summed E-state index contributed by atoms with van der Waals surface area (Å²) in [5, 5.41) is 14.9. The highest BCUT2D eigenvalue weighted by Crippen LogP contribution is 2.18. The summed E-state index contributed by atoms with van der Waals surface area (Å²) in [4.78, 5) is 36.3. The first kappa shape index (κ1) is 21.9. The van der Waals surface area contributed by atoms with Crippen LogP contribution in [-0.2, 0) is 9.59 Å². The van der Waals surface area contributed by atoms with Crippen molar-refractivity contribution in [1.29, 1.82) is 5.26 Å². The van der Waals surface area contributed by atoms with Crippen molar-refractivity contribution in [3.63, 3.8) is 0 Å². The van der Waals surface area contributed by atoms with E-state index >= 15 is 0 Å². The van der Waals surface area contributed by atoms with E-state index in [2.05, 4.69) is 15.8 Å². The molecule has 0 bridgehead atoms. The maximum Gasteiger partial charge on any atom is 0.343 e. The fraction of sp³-hybridized carbons (Fsp3) is 0.0417. The standard InChI is InChI=1S/C24H18N4O4/c1-16-6-10-18(11-7-16)24(31)32-21-5-3-2-4-19(21)15-26-28-23(30)22(29)27-20-12-8-17(14-25)9-13-20/h2-13,15H,1H3,(H,27,29)(H,28,30)/b26-15+. The van der Waals surface area contributed by atoms with Gasteiger partial charge in [0.2, 0.25) is 0 Å². The van der Waals surface area contributed by atoms with E-state index in [1.54, 1.807) is 36.4 Å². The number of rotatable bonds is 5. The molecule has 0 saturated carbocycles. The number of benzene rings is 3. The quantitative estimate of drug-likeness (QED) is 0.213. The third kappa shape index (κ3) is 5.87. The number of para-hydroxylation sites is 1. The molecule has 158 valence electrons. The second kappa shape index (κ2) is 10.3. The summed E-state index contributed by atoms with van der Waals surface area (Å²) in [5.41, 5.74) is 4.76. The predicted molar refractivity (Wildman–Crippen MR) is 118 cm³/mol. The van der Waals surface area contributed by atoms with Crippen molar-refractivity contribution in [2.75, 3.05) is 5.32 Å². The van der Waals surface area contributed by atoms with Crippen LogP contribution in [0.2, 0.25) is 0 Å². The van der Waals surface area contributed by atoms with Crippen molar-refractivity contribution in [2.45, 2.75) is 6.92 Å². The van der Waals surface area contributed by atoms with E-state index in [-0.39, 0.29) is 5.75 Å². The molecule has 0 unspecified atom stereocenters. The lowest BCUT2D eigenvalue weighted by atomic mass is 10.1. The summed E-state index contributed by atoms with van der Waals surface area (Å²) >= 11 is 0. The van der Waals surface area contributed by atoms with Gasteiger partial charge in [-0.3, -0.25) is 9.59 Å². The van der Waals surface area contributed by atoms with Crippen molar-refractivity contribution < 1.29 is 19.1 Å². The number of hydrogen-bond acceptors (Lipinski definition) is 6. The number of hydrogen-bond donors (Lipinski definition) is 2. The van der Waals surface area contributed by atoms with Gasteiger partial charge in [0.25, 0.3) is 0 Å². The zero-order valence-electron chi connectivity index (χ0n) is 17.0. The number of aryl methyl sites for hydroxylation is 1. The Kier molecular flexibility index (Phi) is 7.07. The molecule has 8 heteroatoms. The Balaban J connectivity index is 1.60. The lowest BCUT2D eigenvalue weighted by molar-refractivity contribution is -0.136. The van der Waals surface area contributed by atoms with Crippen molar-refractivity contribution in [2.24, 2.45) is 5.10 Å². The number of nitrogens with one attached hydrogen (secondary N) is 2. The number of carbonyl (C=O) groups is 3. The molecule has 0 aliphatic heterocycles. The Labute approximate surface area is 184 Å². The van der Waals surface area contributed by atoms with E-state index in [1.165, 1.54) is 30.5 Å². The number of anilines is 1. The van der Waals surface area contributed by atoms with Crippen LogP contribution < -0.4 is 15.5 Å². The lowest BCUT2D eigenvalue weighted by Gasteiger charge is -2.07. The Hall–Kier alpha value is -4.77. The van der Waals surface area contributed by atoms with Crippen molar-refractivity contribution in [1.82, 2.24) is 5.43 Å². The zero-order valence-corrected chi connectivity index (χ0v) is 17.0. The molecule has 0 aliphatic carbocycles. The number of nitriles is 1. The van der Waals surface area contributed by atoms with Gasteiger partial charge in [0.15, 0.2) is 0 Å². The zero-order chi connectivity index (χ0) is 22.9. The molecule has 0 spiro atoms. The van der Waals surface area contributed by atoms with Gasteiger partial charge in [-0.2, -0.15) is 10.4 Å². The van der Waals surface area contributed by atoms with Crippen LogP contribution in [-0.4, -0.2) is 24.0 Å². The van der Waals surface area contributed by atoms with E-state index in [4.69, 9.17) is 10.00 Å². The average Bonchev–Trinajstić information content (AvgIpc) is 2.81. The van der Waals surface area contributed by atoms with Gasteiger partial charge in [0, 0.05) is 11.3 Å². The van der Waals surface area contributed by atoms with Crippen LogP contribution in [0.1, 0.15) is 27.0 Å². The minimum Gasteiger partial charge on any atom is -0.422 e. The third-order valence-electron chi connectivity index (χ3n) is 4.26. The molecule has 0 radical (unpaired) electrons. The highest BCUT2D eigenvalue weighted by Gasteiger charge is 2.14. The second-order valence-corrected chi connectivity index (χ2v) is 6.64. The van der Waals surface area contributed by atoms with Crippen molar-refractivity contribution in [3.8, 4) is 11.8 Å². The molecular formula is C24H18N4O4. The highest BCUT2D eigenvalue weighted by molar-refractivity contribution is 6.39. The van der Waals surface area contributed by atoms with Crippen molar-refractivity contribution in [3.05, 3.63) is 95.1 Å². The van der Waals surface area contributed by atoms with Crippen LogP contribution in [0.3, 0.4) is 0 Å². The first-order valence-corrected chi connectivity index (χ1v) is 9.48. The van der Waals surface area contributed by atoms with Gasteiger partial charge < -0.3 is 10.1 Å². The first-order chi connectivity index (χ1) is 15.5. The van der Waals surface area contributed by atoms with Crippen molar-refractivity contribution >= 4 is 29.7 Å². The number of hydrazone groups is 1.